The molecule has 16 heavy (non-hydrogen) atoms. The van der Waals surface area contributed by atoms with Crippen molar-refractivity contribution in [1.29, 1.82) is 0 Å². The van der Waals surface area contributed by atoms with Gasteiger partial charge in [-0.1, -0.05) is 30.3 Å². The van der Waals surface area contributed by atoms with Gasteiger partial charge in [-0.2, -0.15) is 0 Å². The highest BCUT2D eigenvalue weighted by Crippen LogP contribution is 2.54. The fourth-order valence-electron chi connectivity index (χ4n) is 2.15. The van der Waals surface area contributed by atoms with Gasteiger partial charge in [-0.25, -0.2) is 9.97 Å². The number of aromatic nitrogens is 2. The summed E-state index contributed by atoms with van der Waals surface area (Å²) in [4.78, 5) is 8.05. The second-order valence-corrected chi connectivity index (χ2v) is 4.48. The van der Waals surface area contributed by atoms with Gasteiger partial charge in [0.1, 0.15) is 0 Å². The van der Waals surface area contributed by atoms with Crippen LogP contribution in [-0.4, -0.2) is 9.97 Å². The average molecular weight is 231 g/mol. The Morgan fingerprint density at radius 3 is 2.25 bits per heavy atom. The molecule has 0 bridgehead atoms. The Kier molecular flexibility index (Phi) is 2.37. The van der Waals surface area contributed by atoms with Gasteiger partial charge in [0.2, 0.25) is 5.28 Å². The highest BCUT2D eigenvalue weighted by atomic mass is 35.5. The summed E-state index contributed by atoms with van der Waals surface area (Å²) in [6.07, 6.45) is 4.86. The van der Waals surface area contributed by atoms with E-state index >= 15 is 0 Å². The van der Waals surface area contributed by atoms with Crippen LogP contribution in [0.3, 0.4) is 0 Å². The molecule has 3 rings (SSSR count). The molecule has 1 heterocycles. The molecule has 0 radical (unpaired) electrons. The van der Waals surface area contributed by atoms with Crippen LogP contribution in [0.1, 0.15) is 29.4 Å². The van der Waals surface area contributed by atoms with Gasteiger partial charge in [0.25, 0.3) is 0 Å². The van der Waals surface area contributed by atoms with E-state index in [-0.39, 0.29) is 0 Å². The minimum atomic E-state index is 0.320. The molecule has 0 spiro atoms. The molecule has 1 saturated carbocycles. The van der Waals surface area contributed by atoms with E-state index in [0.717, 1.165) is 0 Å². The lowest BCUT2D eigenvalue weighted by molar-refractivity contribution is 0.985. The van der Waals surface area contributed by atoms with E-state index in [9.17, 15) is 0 Å². The summed E-state index contributed by atoms with van der Waals surface area (Å²) < 4.78 is 0. The zero-order valence-corrected chi connectivity index (χ0v) is 9.43. The second kappa shape index (κ2) is 3.87. The summed E-state index contributed by atoms with van der Waals surface area (Å²) in [6.45, 7) is 0. The van der Waals surface area contributed by atoms with Crippen LogP contribution in [0.4, 0.5) is 0 Å². The highest BCUT2D eigenvalue weighted by Gasteiger charge is 2.39. The van der Waals surface area contributed by atoms with Crippen molar-refractivity contribution in [3.63, 3.8) is 0 Å². The van der Waals surface area contributed by atoms with E-state index < -0.39 is 0 Å². The highest BCUT2D eigenvalue weighted by molar-refractivity contribution is 6.28. The van der Waals surface area contributed by atoms with Crippen molar-refractivity contribution in [3.05, 3.63) is 59.1 Å². The van der Waals surface area contributed by atoms with Crippen LogP contribution in [0.25, 0.3) is 0 Å². The van der Waals surface area contributed by atoms with Crippen molar-refractivity contribution < 1.29 is 0 Å². The molecule has 2 unspecified atom stereocenters. The van der Waals surface area contributed by atoms with Crippen LogP contribution in [0.2, 0.25) is 5.28 Å². The molecule has 0 amide bonds. The van der Waals surface area contributed by atoms with Crippen LogP contribution < -0.4 is 0 Å². The van der Waals surface area contributed by atoms with Crippen molar-refractivity contribution in [1.82, 2.24) is 9.97 Å². The molecule has 1 fully saturated rings. The Labute approximate surface area is 99.3 Å². The van der Waals surface area contributed by atoms with Gasteiger partial charge in [-0.05, 0) is 41.0 Å². The van der Waals surface area contributed by atoms with Gasteiger partial charge in [0.15, 0.2) is 0 Å². The van der Waals surface area contributed by atoms with E-state index in [1.54, 1.807) is 0 Å². The molecule has 80 valence electrons. The normalized spacial score (nSPS) is 23.1. The summed E-state index contributed by atoms with van der Waals surface area (Å²) in [5, 5.41) is 0.320. The summed E-state index contributed by atoms with van der Waals surface area (Å²) in [6, 6.07) is 10.6. The summed E-state index contributed by atoms with van der Waals surface area (Å²) in [5.74, 6) is 1.20. The topological polar surface area (TPSA) is 25.8 Å². The van der Waals surface area contributed by atoms with Gasteiger partial charge in [0, 0.05) is 12.4 Å². The number of hydrogen-bond acceptors (Lipinski definition) is 2. The third-order valence-electron chi connectivity index (χ3n) is 3.09. The van der Waals surface area contributed by atoms with E-state index in [1.165, 1.54) is 17.5 Å². The first-order chi connectivity index (χ1) is 7.84. The molecule has 1 aliphatic carbocycles. The van der Waals surface area contributed by atoms with Crippen molar-refractivity contribution in [2.45, 2.75) is 18.3 Å². The largest absolute Gasteiger partial charge is 0.226 e. The number of halogens is 1. The Hall–Kier alpha value is -1.41. The maximum absolute atomic E-state index is 5.67. The molecule has 2 nitrogen and oxygen atoms in total. The van der Waals surface area contributed by atoms with E-state index in [2.05, 4.69) is 34.2 Å². The molecular formula is C13H11ClN2. The van der Waals surface area contributed by atoms with Crippen LogP contribution in [0, 0.1) is 0 Å². The Morgan fingerprint density at radius 1 is 0.938 bits per heavy atom. The predicted molar refractivity (Wildman–Crippen MR) is 63.6 cm³/mol. The lowest BCUT2D eigenvalue weighted by atomic mass is 10.1. The van der Waals surface area contributed by atoms with Gasteiger partial charge in [0.05, 0.1) is 0 Å². The first kappa shape index (κ1) is 9.79. The maximum atomic E-state index is 5.67. The van der Waals surface area contributed by atoms with E-state index in [0.29, 0.717) is 17.1 Å². The van der Waals surface area contributed by atoms with Gasteiger partial charge >= 0.3 is 0 Å². The quantitative estimate of drug-likeness (QED) is 0.739. The van der Waals surface area contributed by atoms with E-state index in [4.69, 9.17) is 11.6 Å². The maximum Gasteiger partial charge on any atom is 0.222 e. The third kappa shape index (κ3) is 1.81. The molecule has 0 saturated heterocycles. The minimum absolute atomic E-state index is 0.320. The molecule has 3 heteroatoms. The van der Waals surface area contributed by atoms with E-state index in [1.807, 2.05) is 18.5 Å². The van der Waals surface area contributed by atoms with Gasteiger partial charge < -0.3 is 0 Å². The van der Waals surface area contributed by atoms with Crippen LogP contribution in [0.15, 0.2) is 42.7 Å². The molecule has 0 aliphatic heterocycles. The summed E-state index contributed by atoms with van der Waals surface area (Å²) in [5.41, 5.74) is 2.60. The molecule has 1 aromatic heterocycles. The molecule has 1 aliphatic rings. The average Bonchev–Trinajstić information content (AvgIpc) is 3.11. The predicted octanol–water partition coefficient (Wildman–Crippen LogP) is 3.40. The Balaban J connectivity index is 1.79. The third-order valence-corrected chi connectivity index (χ3v) is 3.28. The Bertz CT molecular complexity index is 481. The van der Waals surface area contributed by atoms with Gasteiger partial charge in [-0.3, -0.25) is 0 Å². The minimum Gasteiger partial charge on any atom is -0.226 e. The van der Waals surface area contributed by atoms with Crippen LogP contribution in [-0.2, 0) is 0 Å². The van der Waals surface area contributed by atoms with Gasteiger partial charge in [-0.15, -0.1) is 0 Å². The zero-order valence-electron chi connectivity index (χ0n) is 8.68. The Morgan fingerprint density at radius 2 is 1.56 bits per heavy atom. The lowest BCUT2D eigenvalue weighted by Gasteiger charge is -2.00. The first-order valence-electron chi connectivity index (χ1n) is 5.37. The molecular weight excluding hydrogens is 220 g/mol. The van der Waals surface area contributed by atoms with Crippen molar-refractivity contribution >= 4 is 11.6 Å². The fraction of sp³-hybridized carbons (Fsp3) is 0.231. The first-order valence-corrected chi connectivity index (χ1v) is 5.75. The number of rotatable bonds is 2. The second-order valence-electron chi connectivity index (χ2n) is 4.14. The van der Waals surface area contributed by atoms with Crippen molar-refractivity contribution in [2.75, 3.05) is 0 Å². The molecule has 2 aromatic rings. The zero-order chi connectivity index (χ0) is 11.0. The SMILES string of the molecule is Clc1ncc(C2CC2c2ccccc2)cn1. The number of benzene rings is 1. The summed E-state index contributed by atoms with van der Waals surface area (Å²) >= 11 is 5.67. The summed E-state index contributed by atoms with van der Waals surface area (Å²) in [7, 11) is 0. The molecule has 0 N–H and O–H groups in total. The smallest absolute Gasteiger partial charge is 0.222 e. The molecule has 1 aromatic carbocycles. The fourth-order valence-corrected chi connectivity index (χ4v) is 2.24. The molecule has 2 atom stereocenters. The van der Waals surface area contributed by atoms with Crippen molar-refractivity contribution in [3.8, 4) is 0 Å². The van der Waals surface area contributed by atoms with Crippen LogP contribution >= 0.6 is 11.6 Å². The lowest BCUT2D eigenvalue weighted by Crippen LogP contribution is -1.88. The standard InChI is InChI=1S/C13H11ClN2/c14-13-15-7-10(8-16-13)12-6-11(12)9-4-2-1-3-5-9/h1-5,7-8,11-12H,6H2. The number of hydrogen-bond donors (Lipinski definition) is 0. The van der Waals surface area contributed by atoms with Crippen molar-refractivity contribution in [2.24, 2.45) is 0 Å². The van der Waals surface area contributed by atoms with Crippen LogP contribution in [0.5, 0.6) is 0 Å². The number of nitrogens with zero attached hydrogens (tertiary/aromatic N) is 2. The monoisotopic (exact) mass is 230 g/mol.